The van der Waals surface area contributed by atoms with E-state index in [2.05, 4.69) is 4.74 Å². The Hall–Kier alpha value is -0.0800. The molecule has 0 rings (SSSR count). The Kier molecular flexibility index (Phi) is 1.19. The molecule has 0 aliphatic carbocycles. The van der Waals surface area contributed by atoms with Gasteiger partial charge in [-0.05, 0) is 6.85 Å². The van der Waals surface area contributed by atoms with E-state index in [1.807, 2.05) is 0 Å². The van der Waals surface area contributed by atoms with Gasteiger partial charge in [0.25, 0.3) is 0 Å². The predicted molar refractivity (Wildman–Crippen MR) is 23.6 cm³/mol. The van der Waals surface area contributed by atoms with Gasteiger partial charge in [0.15, 0.2) is 0 Å². The maximum Gasteiger partial charge on any atom is 0.0697 e. The lowest BCUT2D eigenvalue weighted by molar-refractivity contribution is 0.102. The molecular formula is C4H10O2. The molecule has 0 unspecified atom stereocenters. The highest BCUT2D eigenvalue weighted by Gasteiger charge is 1.73. The zero-order valence-electron chi connectivity index (χ0n) is 8.27. The lowest BCUT2D eigenvalue weighted by Crippen LogP contribution is -1.96. The minimum Gasteiger partial charge on any atom is -0.394 e. The summed E-state index contributed by atoms with van der Waals surface area (Å²) in [4.78, 5) is 0. The highest BCUT2D eigenvalue weighted by atomic mass is 16.5. The topological polar surface area (TPSA) is 29.5 Å². The molecule has 0 saturated heterocycles. The second-order valence-corrected chi connectivity index (χ2v) is 0.674. The van der Waals surface area contributed by atoms with Crippen LogP contribution in [0.25, 0.3) is 0 Å². The Labute approximate surface area is 44.8 Å². The van der Waals surface area contributed by atoms with Crippen LogP contribution in [-0.2, 0) is 4.74 Å². The van der Waals surface area contributed by atoms with Gasteiger partial charge < -0.3 is 9.84 Å². The van der Waals surface area contributed by atoms with Crippen molar-refractivity contribution in [1.29, 1.82) is 0 Å². The largest absolute Gasteiger partial charge is 0.394 e. The van der Waals surface area contributed by atoms with Gasteiger partial charge in [0, 0.05) is 10.7 Å². The third-order valence-corrected chi connectivity index (χ3v) is 0.266. The summed E-state index contributed by atoms with van der Waals surface area (Å²) in [5.74, 6) is 0. The molecule has 0 aliphatic heterocycles. The van der Waals surface area contributed by atoms with Crippen LogP contribution in [0.3, 0.4) is 0 Å². The van der Waals surface area contributed by atoms with Crippen molar-refractivity contribution < 1.29 is 16.7 Å². The molecule has 0 radical (unpaired) electrons. The van der Waals surface area contributed by atoms with Gasteiger partial charge in [-0.25, -0.2) is 0 Å². The first-order valence-corrected chi connectivity index (χ1v) is 1.56. The summed E-state index contributed by atoms with van der Waals surface area (Å²) in [6, 6.07) is 0. The number of hydrogen-bond donors (Lipinski definition) is 1. The summed E-state index contributed by atoms with van der Waals surface area (Å²) in [7, 11) is 0. The summed E-state index contributed by atoms with van der Waals surface area (Å²) in [6.45, 7) is -6.18. The van der Waals surface area contributed by atoms with Crippen molar-refractivity contribution in [3.05, 3.63) is 0 Å². The second-order valence-electron chi connectivity index (χ2n) is 0.674. The first-order chi connectivity index (χ1) is 4.81. The number of ether oxygens (including phenoxy) is 1. The number of hydrogen-bond acceptors (Lipinski definition) is 2. The Bertz CT molecular complexity index is 120. The van der Waals surface area contributed by atoms with Crippen LogP contribution in [0.15, 0.2) is 0 Å². The van der Waals surface area contributed by atoms with Gasteiger partial charge in [-0.1, -0.05) is 0 Å². The Morgan fingerprint density at radius 3 is 3.50 bits per heavy atom. The molecule has 0 aromatic heterocycles. The van der Waals surface area contributed by atoms with E-state index < -0.39 is 20.0 Å². The Morgan fingerprint density at radius 1 is 2.17 bits per heavy atom. The summed E-state index contributed by atoms with van der Waals surface area (Å²) >= 11 is 0. The Morgan fingerprint density at radius 2 is 3.00 bits per heavy atom. The van der Waals surface area contributed by atoms with Crippen molar-refractivity contribution in [3.8, 4) is 0 Å². The van der Waals surface area contributed by atoms with Gasteiger partial charge >= 0.3 is 0 Å². The monoisotopic (exact) mass is 95.1 g/mol. The fraction of sp³-hybridized carbons (Fsp3) is 1.00. The molecule has 1 N–H and O–H groups in total. The van der Waals surface area contributed by atoms with Crippen LogP contribution in [0.1, 0.15) is 13.7 Å². The molecule has 0 aliphatic rings. The molecular weight excluding hydrogens is 80.0 g/mol. The number of rotatable bonds is 3. The average Bonchev–Trinajstić information content (AvgIpc) is 1.81. The highest BCUT2D eigenvalue weighted by Crippen LogP contribution is 1.66. The van der Waals surface area contributed by atoms with E-state index >= 15 is 0 Å². The lowest BCUT2D eigenvalue weighted by Gasteiger charge is -1.91. The number of aliphatic hydroxyl groups excluding tert-OH is 1. The first kappa shape index (κ1) is 1.46. The molecule has 0 amide bonds. The van der Waals surface area contributed by atoms with Crippen LogP contribution in [-0.4, -0.2) is 24.9 Å². The maximum atomic E-state index is 8.22. The van der Waals surface area contributed by atoms with Crippen molar-refractivity contribution in [2.24, 2.45) is 0 Å². The van der Waals surface area contributed by atoms with Crippen molar-refractivity contribution in [2.75, 3.05) is 19.8 Å². The second kappa shape index (κ2) is 4.92. The van der Waals surface area contributed by atoms with Crippen LogP contribution in [0, 0.1) is 0 Å². The van der Waals surface area contributed by atoms with Crippen LogP contribution in [0.2, 0.25) is 0 Å². The molecule has 38 valence electrons. The van der Waals surface area contributed by atoms with E-state index in [1.54, 1.807) is 0 Å². The van der Waals surface area contributed by atoms with Gasteiger partial charge in [-0.3, -0.25) is 0 Å². The van der Waals surface area contributed by atoms with Gasteiger partial charge in [0.2, 0.25) is 0 Å². The molecule has 0 aromatic rings. The zero-order valence-corrected chi connectivity index (χ0v) is 3.27. The number of aliphatic hydroxyl groups is 1. The van der Waals surface area contributed by atoms with Crippen molar-refractivity contribution in [3.63, 3.8) is 0 Å². The third kappa shape index (κ3) is 3.92. The van der Waals surface area contributed by atoms with Crippen LogP contribution < -0.4 is 0 Å². The van der Waals surface area contributed by atoms with E-state index in [4.69, 9.17) is 12.0 Å². The zero-order chi connectivity index (χ0) is 9.12. The third-order valence-electron chi connectivity index (χ3n) is 0.266. The van der Waals surface area contributed by atoms with Gasteiger partial charge in [0.1, 0.15) is 0 Å². The maximum absolute atomic E-state index is 8.22. The molecule has 0 atom stereocenters. The molecule has 0 heterocycles. The minimum atomic E-state index is -2.80. The lowest BCUT2D eigenvalue weighted by atomic mass is 10.8. The summed E-state index contributed by atoms with van der Waals surface area (Å²) in [5.41, 5.74) is 0. The van der Waals surface area contributed by atoms with Gasteiger partial charge in [-0.2, -0.15) is 0 Å². The van der Waals surface area contributed by atoms with Gasteiger partial charge in [0.05, 0.1) is 16.0 Å². The summed E-state index contributed by atoms with van der Waals surface area (Å²) in [5, 5.41) is 8.22. The van der Waals surface area contributed by atoms with E-state index in [0.29, 0.717) is 0 Å². The molecule has 0 spiro atoms. The quantitative estimate of drug-likeness (QED) is 0.535. The molecule has 0 saturated carbocycles. The van der Waals surface area contributed by atoms with Crippen LogP contribution in [0.5, 0.6) is 0 Å². The molecule has 0 bridgehead atoms. The SMILES string of the molecule is [2H]C([2H])([2H])C([2H])([2H])OCCO. The molecule has 0 fully saturated rings. The highest BCUT2D eigenvalue weighted by molar-refractivity contribution is 4.18. The van der Waals surface area contributed by atoms with Crippen molar-refractivity contribution in [1.82, 2.24) is 0 Å². The van der Waals surface area contributed by atoms with Crippen LogP contribution >= 0.6 is 0 Å². The Balaban J connectivity index is 4.00. The van der Waals surface area contributed by atoms with E-state index in [9.17, 15) is 0 Å². The smallest absolute Gasteiger partial charge is 0.0697 e. The van der Waals surface area contributed by atoms with Crippen molar-refractivity contribution in [2.45, 2.75) is 6.85 Å². The summed E-state index contributed by atoms with van der Waals surface area (Å²) < 4.78 is 38.0. The molecule has 2 nitrogen and oxygen atoms in total. The van der Waals surface area contributed by atoms with E-state index in [0.717, 1.165) is 0 Å². The van der Waals surface area contributed by atoms with Crippen LogP contribution in [0.4, 0.5) is 0 Å². The fourth-order valence-corrected chi connectivity index (χ4v) is 0.0967. The standard InChI is InChI=1S/C4H10O2/c1-2-6-4-3-5/h5H,2-4H2,1H3/i1D3,2D2. The van der Waals surface area contributed by atoms with E-state index in [1.165, 1.54) is 0 Å². The van der Waals surface area contributed by atoms with Crippen molar-refractivity contribution >= 4 is 0 Å². The normalized spacial score (nSPS) is 25.8. The minimum absolute atomic E-state index is 0.314. The first-order valence-electron chi connectivity index (χ1n) is 4.06. The molecule has 2 heteroatoms. The summed E-state index contributed by atoms with van der Waals surface area (Å²) in [6.07, 6.45) is 0. The fourth-order valence-electron chi connectivity index (χ4n) is 0.0967. The average molecular weight is 95.2 g/mol. The predicted octanol–water partition coefficient (Wildman–Crippen LogP) is 0.0152. The van der Waals surface area contributed by atoms with Gasteiger partial charge in [-0.15, -0.1) is 0 Å². The molecule has 6 heavy (non-hydrogen) atoms. The molecule has 0 aromatic carbocycles. The van der Waals surface area contributed by atoms with E-state index in [-0.39, 0.29) is 6.61 Å².